The van der Waals surface area contributed by atoms with Crippen LogP contribution in [0.25, 0.3) is 0 Å². The van der Waals surface area contributed by atoms with E-state index in [4.69, 9.17) is 0 Å². The zero-order chi connectivity index (χ0) is 4.99. The molecule has 2 atom stereocenters. The molecule has 0 N–H and O–H groups in total. The first kappa shape index (κ1) is 7.00. The molecular weight excluding hydrogens is 138 g/mol. The number of hydrogen-bond acceptors (Lipinski definition) is 3. The van der Waals surface area contributed by atoms with E-state index in [0.29, 0.717) is 0 Å². The molecule has 0 aromatic heterocycles. The number of rotatable bonds is 2. The Morgan fingerprint density at radius 3 is 2.33 bits per heavy atom. The summed E-state index contributed by atoms with van der Waals surface area (Å²) in [5.74, 6) is 0. The highest BCUT2D eigenvalue weighted by Crippen LogP contribution is 2.24. The van der Waals surface area contributed by atoms with Gasteiger partial charge in [0.25, 0.3) is 0 Å². The largest absolute Gasteiger partial charge is 0.335 e. The third-order valence-corrected chi connectivity index (χ3v) is 2.73. The zero-order valence-corrected chi connectivity index (χ0v) is 6.27. The second-order valence-electron chi connectivity index (χ2n) is 0.572. The molecule has 0 aliphatic carbocycles. The molecule has 0 saturated carbocycles. The molecule has 0 fully saturated rings. The van der Waals surface area contributed by atoms with Crippen molar-refractivity contribution >= 4 is 28.4 Å². The van der Waals surface area contributed by atoms with Crippen molar-refractivity contribution in [2.24, 2.45) is 0 Å². The standard InChI is InChI=1S/CH6O2P2S/c1-2-5(6)3-4/h5H,4H2,1H3. The summed E-state index contributed by atoms with van der Waals surface area (Å²) in [6, 6.07) is 0. The molecule has 38 valence electrons. The molecular formula is CH6O2P2S. The van der Waals surface area contributed by atoms with E-state index in [1.54, 1.807) is 0 Å². The summed E-state index contributed by atoms with van der Waals surface area (Å²) in [6.45, 7) is 0. The molecule has 0 radical (unpaired) electrons. The smallest absolute Gasteiger partial charge is 0.178 e. The van der Waals surface area contributed by atoms with Gasteiger partial charge in [-0.15, -0.1) is 0 Å². The SMILES string of the molecule is CO[PH](=S)OP. The quantitative estimate of drug-likeness (QED) is 0.537. The first-order chi connectivity index (χ1) is 2.81. The van der Waals surface area contributed by atoms with Crippen LogP contribution in [0.2, 0.25) is 0 Å². The van der Waals surface area contributed by atoms with Crippen LogP contribution in [-0.4, -0.2) is 7.11 Å². The van der Waals surface area contributed by atoms with Crippen LogP contribution in [0.5, 0.6) is 0 Å². The Morgan fingerprint density at radius 1 is 1.83 bits per heavy atom. The van der Waals surface area contributed by atoms with Crippen molar-refractivity contribution in [1.82, 2.24) is 0 Å². The lowest BCUT2D eigenvalue weighted by Gasteiger charge is -1.92. The van der Waals surface area contributed by atoms with Crippen LogP contribution >= 0.6 is 16.6 Å². The highest BCUT2D eigenvalue weighted by atomic mass is 32.4. The van der Waals surface area contributed by atoms with Gasteiger partial charge in [0, 0.05) is 16.6 Å². The molecule has 0 rings (SSSR count). The number of hydrogen-bond donors (Lipinski definition) is 0. The van der Waals surface area contributed by atoms with Crippen molar-refractivity contribution < 1.29 is 8.83 Å². The zero-order valence-electron chi connectivity index (χ0n) is 3.30. The molecule has 5 heteroatoms. The molecule has 0 aliphatic heterocycles. The van der Waals surface area contributed by atoms with Crippen molar-refractivity contribution in [3.8, 4) is 0 Å². The third-order valence-electron chi connectivity index (χ3n) is 0.263. The maximum atomic E-state index is 4.58. The van der Waals surface area contributed by atoms with Crippen molar-refractivity contribution in [1.29, 1.82) is 0 Å². The molecule has 0 saturated heterocycles. The van der Waals surface area contributed by atoms with Gasteiger partial charge in [-0.05, 0) is 11.8 Å². The lowest BCUT2D eigenvalue weighted by molar-refractivity contribution is 0.429. The van der Waals surface area contributed by atoms with Crippen LogP contribution in [-0.2, 0) is 20.6 Å². The Hall–Kier alpha value is 1.00. The van der Waals surface area contributed by atoms with Crippen molar-refractivity contribution in [2.45, 2.75) is 0 Å². The van der Waals surface area contributed by atoms with Gasteiger partial charge in [0.15, 0.2) is 7.15 Å². The highest BCUT2D eigenvalue weighted by Gasteiger charge is 1.77. The molecule has 2 unspecified atom stereocenters. The Morgan fingerprint density at radius 2 is 2.33 bits per heavy atom. The second-order valence-corrected chi connectivity index (χ2v) is 3.42. The molecule has 0 aromatic carbocycles. The summed E-state index contributed by atoms with van der Waals surface area (Å²) in [6.07, 6.45) is 0. The Balaban J connectivity index is 2.99. The highest BCUT2D eigenvalue weighted by molar-refractivity contribution is 8.01. The van der Waals surface area contributed by atoms with E-state index in [2.05, 4.69) is 30.1 Å². The van der Waals surface area contributed by atoms with Crippen molar-refractivity contribution in [2.75, 3.05) is 7.11 Å². The van der Waals surface area contributed by atoms with Gasteiger partial charge in [-0.3, -0.25) is 0 Å². The molecule has 0 heterocycles. The van der Waals surface area contributed by atoms with Crippen LogP contribution in [0.15, 0.2) is 0 Å². The predicted molar refractivity (Wildman–Crippen MR) is 33.5 cm³/mol. The van der Waals surface area contributed by atoms with Crippen molar-refractivity contribution in [3.05, 3.63) is 0 Å². The van der Waals surface area contributed by atoms with Gasteiger partial charge in [0.2, 0.25) is 0 Å². The van der Waals surface area contributed by atoms with Gasteiger partial charge < -0.3 is 8.83 Å². The molecule has 6 heavy (non-hydrogen) atoms. The van der Waals surface area contributed by atoms with Crippen LogP contribution < -0.4 is 0 Å². The second kappa shape index (κ2) is 4.17. The summed E-state index contributed by atoms with van der Waals surface area (Å²) in [5.41, 5.74) is 0. The maximum absolute atomic E-state index is 4.58. The average molecular weight is 144 g/mol. The normalized spacial score (nSPS) is 14.3. The van der Waals surface area contributed by atoms with E-state index in [1.165, 1.54) is 7.11 Å². The maximum Gasteiger partial charge on any atom is 0.178 e. The van der Waals surface area contributed by atoms with E-state index in [-0.39, 0.29) is 0 Å². The van der Waals surface area contributed by atoms with E-state index in [9.17, 15) is 0 Å². The Labute approximate surface area is 45.1 Å². The molecule has 0 aromatic rings. The van der Waals surface area contributed by atoms with Crippen LogP contribution in [0, 0.1) is 0 Å². The van der Waals surface area contributed by atoms with Gasteiger partial charge in [-0.1, -0.05) is 0 Å². The fraction of sp³-hybridized carbons (Fsp3) is 1.00. The fourth-order valence-corrected chi connectivity index (χ4v) is 0.433. The van der Waals surface area contributed by atoms with Gasteiger partial charge in [0.05, 0.1) is 0 Å². The topological polar surface area (TPSA) is 18.5 Å². The first-order valence-electron chi connectivity index (χ1n) is 1.26. The minimum absolute atomic E-state index is 1.32. The minimum atomic E-state index is -1.32. The summed E-state index contributed by atoms with van der Waals surface area (Å²) in [4.78, 5) is 0. The fourth-order valence-electron chi connectivity index (χ4n) is 0.0481. The summed E-state index contributed by atoms with van der Waals surface area (Å²) in [5, 5.41) is 0. The Kier molecular flexibility index (Phi) is 4.86. The third kappa shape index (κ3) is 3.20. The van der Waals surface area contributed by atoms with Gasteiger partial charge in [-0.25, -0.2) is 0 Å². The van der Waals surface area contributed by atoms with Crippen LogP contribution in [0.1, 0.15) is 0 Å². The summed E-state index contributed by atoms with van der Waals surface area (Å²) >= 11 is 4.58. The first-order valence-corrected chi connectivity index (χ1v) is 4.18. The Bertz CT molecular complexity index is 49.5. The molecule has 0 amide bonds. The minimum Gasteiger partial charge on any atom is -0.335 e. The van der Waals surface area contributed by atoms with Gasteiger partial charge in [0.1, 0.15) is 0 Å². The lowest BCUT2D eigenvalue weighted by Crippen LogP contribution is -1.59. The molecule has 2 nitrogen and oxygen atoms in total. The van der Waals surface area contributed by atoms with Crippen molar-refractivity contribution in [3.63, 3.8) is 0 Å². The van der Waals surface area contributed by atoms with Gasteiger partial charge in [-0.2, -0.15) is 0 Å². The van der Waals surface area contributed by atoms with Crippen LogP contribution in [0.4, 0.5) is 0 Å². The average Bonchev–Trinajstić information content (AvgIpc) is 1.65. The monoisotopic (exact) mass is 144 g/mol. The summed E-state index contributed by atoms with van der Waals surface area (Å²) < 4.78 is 9.08. The van der Waals surface area contributed by atoms with E-state index in [0.717, 1.165) is 0 Å². The lowest BCUT2D eigenvalue weighted by atomic mass is 11.8. The molecule has 0 bridgehead atoms. The van der Waals surface area contributed by atoms with E-state index in [1.807, 2.05) is 0 Å². The van der Waals surface area contributed by atoms with Gasteiger partial charge >= 0.3 is 0 Å². The van der Waals surface area contributed by atoms with E-state index < -0.39 is 7.15 Å². The molecule has 0 spiro atoms. The summed E-state index contributed by atoms with van der Waals surface area (Å²) in [7, 11) is 2.27. The predicted octanol–water partition coefficient (Wildman–Crippen LogP) is 0.946. The van der Waals surface area contributed by atoms with Crippen LogP contribution in [0.3, 0.4) is 0 Å². The molecule has 0 aliphatic rings. The van der Waals surface area contributed by atoms with E-state index >= 15 is 0 Å².